The van der Waals surface area contributed by atoms with Gasteiger partial charge in [-0.1, -0.05) is 26.8 Å². The van der Waals surface area contributed by atoms with E-state index in [1.165, 1.54) is 11.1 Å². The number of hydrogen-bond acceptors (Lipinski definition) is 3. The van der Waals surface area contributed by atoms with E-state index in [1.807, 2.05) is 18.2 Å². The van der Waals surface area contributed by atoms with E-state index in [-0.39, 0.29) is 11.4 Å². The summed E-state index contributed by atoms with van der Waals surface area (Å²) >= 11 is 0. The van der Waals surface area contributed by atoms with Gasteiger partial charge in [0.15, 0.2) is 0 Å². The van der Waals surface area contributed by atoms with E-state index >= 15 is 0 Å². The molecule has 0 aromatic heterocycles. The van der Waals surface area contributed by atoms with Gasteiger partial charge in [-0.3, -0.25) is 0 Å². The van der Waals surface area contributed by atoms with E-state index in [2.05, 4.69) is 26.1 Å². The van der Waals surface area contributed by atoms with Crippen LogP contribution >= 0.6 is 0 Å². The molecule has 3 heteroatoms. The molecule has 0 spiro atoms. The molecule has 0 amide bonds. The molecule has 1 aliphatic heterocycles. The lowest BCUT2D eigenvalue weighted by molar-refractivity contribution is 0.0465. The molecule has 18 heavy (non-hydrogen) atoms. The molecule has 1 aromatic rings. The molecule has 1 aliphatic rings. The lowest BCUT2D eigenvalue weighted by atomic mass is 9.93. The Morgan fingerprint density at radius 1 is 1.28 bits per heavy atom. The number of nitrogens with one attached hydrogen (secondary N) is 1. The first-order valence-electron chi connectivity index (χ1n) is 6.45. The molecule has 1 aromatic carbocycles. The highest BCUT2D eigenvalue weighted by Gasteiger charge is 2.15. The minimum Gasteiger partial charge on any atom is -0.462 e. The van der Waals surface area contributed by atoms with Crippen LogP contribution in [-0.4, -0.2) is 12.6 Å². The summed E-state index contributed by atoms with van der Waals surface area (Å²) in [7, 11) is 0. The molecule has 98 valence electrons. The van der Waals surface area contributed by atoms with E-state index in [4.69, 9.17) is 4.74 Å². The molecule has 0 fully saturated rings. The number of carbonyl (C=O) groups excluding carboxylic acids is 1. The minimum atomic E-state index is -0.214. The Bertz CT molecular complexity index is 446. The quantitative estimate of drug-likeness (QED) is 0.835. The van der Waals surface area contributed by atoms with Gasteiger partial charge in [0, 0.05) is 13.1 Å². The van der Waals surface area contributed by atoms with Gasteiger partial charge in [0.1, 0.15) is 0 Å². The van der Waals surface area contributed by atoms with Crippen molar-refractivity contribution in [1.82, 2.24) is 5.32 Å². The summed E-state index contributed by atoms with van der Waals surface area (Å²) in [5.41, 5.74) is 3.34. The molecule has 0 saturated heterocycles. The number of esters is 1. The fourth-order valence-electron chi connectivity index (χ4n) is 1.95. The Balaban J connectivity index is 1.93. The van der Waals surface area contributed by atoms with Crippen molar-refractivity contribution in [3.05, 3.63) is 34.9 Å². The van der Waals surface area contributed by atoms with Gasteiger partial charge in [-0.2, -0.15) is 0 Å². The van der Waals surface area contributed by atoms with Crippen molar-refractivity contribution in [2.75, 3.05) is 6.61 Å². The summed E-state index contributed by atoms with van der Waals surface area (Å²) in [5.74, 6) is -0.214. The van der Waals surface area contributed by atoms with E-state index in [0.29, 0.717) is 12.2 Å². The highest BCUT2D eigenvalue weighted by atomic mass is 16.5. The molecule has 0 bridgehead atoms. The zero-order chi connectivity index (χ0) is 13.2. The number of ether oxygens (including phenoxy) is 1. The van der Waals surface area contributed by atoms with Gasteiger partial charge in [0.2, 0.25) is 0 Å². The van der Waals surface area contributed by atoms with Crippen LogP contribution in [0.15, 0.2) is 18.2 Å². The van der Waals surface area contributed by atoms with Crippen LogP contribution in [0.25, 0.3) is 0 Å². The third-order valence-corrected chi connectivity index (χ3v) is 3.16. The third-order valence-electron chi connectivity index (χ3n) is 3.16. The zero-order valence-corrected chi connectivity index (χ0v) is 11.4. The molecule has 0 atom stereocenters. The smallest absolute Gasteiger partial charge is 0.338 e. The van der Waals surface area contributed by atoms with Crippen LogP contribution in [-0.2, 0) is 17.8 Å². The Morgan fingerprint density at radius 2 is 2.00 bits per heavy atom. The number of hydrogen-bond donors (Lipinski definition) is 1. The lowest BCUT2D eigenvalue weighted by Crippen LogP contribution is -2.13. The molecule has 0 aliphatic carbocycles. The molecule has 1 heterocycles. The van der Waals surface area contributed by atoms with Gasteiger partial charge in [0.05, 0.1) is 12.2 Å². The summed E-state index contributed by atoms with van der Waals surface area (Å²) in [5, 5.41) is 3.26. The summed E-state index contributed by atoms with van der Waals surface area (Å²) in [6.45, 7) is 8.65. The van der Waals surface area contributed by atoms with Crippen molar-refractivity contribution >= 4 is 5.97 Å². The first-order valence-corrected chi connectivity index (χ1v) is 6.45. The molecule has 0 unspecified atom stereocenters. The molecule has 1 N–H and O–H groups in total. The highest BCUT2D eigenvalue weighted by molar-refractivity contribution is 5.89. The number of rotatable bonds is 3. The fourth-order valence-corrected chi connectivity index (χ4v) is 1.95. The van der Waals surface area contributed by atoms with Crippen LogP contribution in [0, 0.1) is 5.41 Å². The minimum absolute atomic E-state index is 0.197. The van der Waals surface area contributed by atoms with Gasteiger partial charge in [-0.25, -0.2) is 4.79 Å². The predicted molar refractivity (Wildman–Crippen MR) is 71.3 cm³/mol. The maximum atomic E-state index is 11.9. The first kappa shape index (κ1) is 13.1. The van der Waals surface area contributed by atoms with E-state index < -0.39 is 0 Å². The topological polar surface area (TPSA) is 38.3 Å². The van der Waals surface area contributed by atoms with Gasteiger partial charge in [0.25, 0.3) is 0 Å². The second kappa shape index (κ2) is 5.11. The fraction of sp³-hybridized carbons (Fsp3) is 0.533. The summed E-state index contributed by atoms with van der Waals surface area (Å²) in [4.78, 5) is 11.9. The molecule has 0 radical (unpaired) electrons. The van der Waals surface area contributed by atoms with Crippen LogP contribution in [0.5, 0.6) is 0 Å². The van der Waals surface area contributed by atoms with Crippen LogP contribution in [0.2, 0.25) is 0 Å². The number of fused-ring (bicyclic) bond motifs is 1. The maximum Gasteiger partial charge on any atom is 0.338 e. The van der Waals surface area contributed by atoms with Crippen molar-refractivity contribution in [2.24, 2.45) is 5.41 Å². The average molecular weight is 247 g/mol. The predicted octanol–water partition coefficient (Wildman–Crippen LogP) is 2.88. The van der Waals surface area contributed by atoms with Gasteiger partial charge in [-0.05, 0) is 35.1 Å². The van der Waals surface area contributed by atoms with Crippen LogP contribution in [0.4, 0.5) is 0 Å². The largest absolute Gasteiger partial charge is 0.462 e. The maximum absolute atomic E-state index is 11.9. The number of benzene rings is 1. The van der Waals surface area contributed by atoms with Crippen LogP contribution in [0.3, 0.4) is 0 Å². The monoisotopic (exact) mass is 247 g/mol. The molecular weight excluding hydrogens is 226 g/mol. The van der Waals surface area contributed by atoms with Crippen LogP contribution < -0.4 is 5.32 Å². The number of carbonyl (C=O) groups is 1. The van der Waals surface area contributed by atoms with Crippen LogP contribution in [0.1, 0.15) is 48.7 Å². The van der Waals surface area contributed by atoms with Crippen molar-refractivity contribution in [2.45, 2.75) is 40.3 Å². The van der Waals surface area contributed by atoms with E-state index in [0.717, 1.165) is 19.5 Å². The molecule has 2 rings (SSSR count). The first-order chi connectivity index (χ1) is 8.46. The van der Waals surface area contributed by atoms with E-state index in [1.54, 1.807) is 0 Å². The second-order valence-electron chi connectivity index (χ2n) is 6.03. The Labute approximate surface area is 109 Å². The molecule has 0 saturated carbocycles. The average Bonchev–Trinajstić information content (AvgIpc) is 2.73. The zero-order valence-electron chi connectivity index (χ0n) is 11.4. The summed E-state index contributed by atoms with van der Waals surface area (Å²) in [6.07, 6.45) is 0.880. The van der Waals surface area contributed by atoms with Crippen molar-refractivity contribution in [3.8, 4) is 0 Å². The Kier molecular flexibility index (Phi) is 3.71. The Morgan fingerprint density at radius 3 is 2.72 bits per heavy atom. The van der Waals surface area contributed by atoms with Gasteiger partial charge >= 0.3 is 5.97 Å². The second-order valence-corrected chi connectivity index (χ2v) is 6.03. The Hall–Kier alpha value is -1.35. The molecular formula is C15H21NO2. The summed E-state index contributed by atoms with van der Waals surface area (Å²) in [6, 6.07) is 5.80. The van der Waals surface area contributed by atoms with Gasteiger partial charge < -0.3 is 10.1 Å². The highest BCUT2D eigenvalue weighted by Crippen LogP contribution is 2.20. The SMILES string of the molecule is CC(C)(C)CCOC(=O)c1ccc2c(c1)CNC2. The van der Waals surface area contributed by atoms with Gasteiger partial charge in [-0.15, -0.1) is 0 Å². The van der Waals surface area contributed by atoms with Crippen molar-refractivity contribution in [3.63, 3.8) is 0 Å². The molecule has 3 nitrogen and oxygen atoms in total. The van der Waals surface area contributed by atoms with Crippen molar-refractivity contribution in [1.29, 1.82) is 0 Å². The third kappa shape index (κ3) is 3.33. The van der Waals surface area contributed by atoms with Crippen molar-refractivity contribution < 1.29 is 9.53 Å². The lowest BCUT2D eigenvalue weighted by Gasteiger charge is -2.17. The summed E-state index contributed by atoms with van der Waals surface area (Å²) < 4.78 is 5.30. The normalized spacial score (nSPS) is 14.4. The standard InChI is InChI=1S/C15H21NO2/c1-15(2,3)6-7-18-14(17)11-4-5-12-9-16-10-13(12)8-11/h4-5,8,16H,6-7,9-10H2,1-3H3. The van der Waals surface area contributed by atoms with E-state index in [9.17, 15) is 4.79 Å².